The first-order chi connectivity index (χ1) is 12.6. The Labute approximate surface area is 157 Å². The number of hydrogen-bond acceptors (Lipinski definition) is 4. The summed E-state index contributed by atoms with van der Waals surface area (Å²) in [5, 5.41) is 1.14. The van der Waals surface area contributed by atoms with Crippen LogP contribution in [-0.2, 0) is 9.59 Å². The van der Waals surface area contributed by atoms with Gasteiger partial charge < -0.3 is 4.74 Å². The molecule has 1 fully saturated rings. The Hall–Kier alpha value is -2.73. The Bertz CT molecular complexity index is 790. The maximum absolute atomic E-state index is 12.1. The van der Waals surface area contributed by atoms with Gasteiger partial charge in [-0.2, -0.15) is 0 Å². The lowest BCUT2D eigenvalue weighted by atomic mass is 10.2. The van der Waals surface area contributed by atoms with Crippen LogP contribution in [0.3, 0.4) is 0 Å². The maximum Gasteiger partial charge on any atom is 0.276 e. The molecule has 1 atom stereocenters. The average Bonchev–Trinajstić information content (AvgIpc) is 3.00. The van der Waals surface area contributed by atoms with Crippen molar-refractivity contribution in [3.05, 3.63) is 71.8 Å². The molecule has 0 radical (unpaired) electrons. The van der Waals surface area contributed by atoms with Crippen molar-refractivity contribution in [2.24, 2.45) is 0 Å². The summed E-state index contributed by atoms with van der Waals surface area (Å²) in [6, 6.07) is 17.3. The Kier molecular flexibility index (Phi) is 5.96. The van der Waals surface area contributed by atoms with Crippen molar-refractivity contribution in [3.8, 4) is 5.75 Å². The van der Waals surface area contributed by atoms with E-state index in [1.807, 2.05) is 73.7 Å². The first-order valence-corrected chi connectivity index (χ1v) is 9.32. The van der Waals surface area contributed by atoms with Gasteiger partial charge in [-0.1, -0.05) is 54.1 Å². The molecule has 1 saturated heterocycles. The molecular weight excluding hydrogens is 348 g/mol. The number of ether oxygens (including phenoxy) is 1. The van der Waals surface area contributed by atoms with Gasteiger partial charge in [-0.15, -0.1) is 11.8 Å². The Morgan fingerprint density at radius 2 is 1.96 bits per heavy atom. The standard InChI is InChI=1S/C20H20N2O3S/c1-15-7-10-17(11-8-15)25-13-18(23)21-22-19(24)14-26-20(22)12-9-16-5-3-2-4-6-16/h2-12,20H,13-14H2,1H3,(H,21,23)/t20-/m0/s1. The number of nitrogens with zero attached hydrogens (tertiary/aromatic N) is 1. The minimum atomic E-state index is -0.362. The highest BCUT2D eigenvalue weighted by atomic mass is 32.2. The summed E-state index contributed by atoms with van der Waals surface area (Å²) in [7, 11) is 0. The number of hydrazine groups is 1. The van der Waals surface area contributed by atoms with Crippen LogP contribution in [0.5, 0.6) is 5.75 Å². The highest BCUT2D eigenvalue weighted by molar-refractivity contribution is 8.01. The van der Waals surface area contributed by atoms with Gasteiger partial charge in [-0.3, -0.25) is 15.0 Å². The lowest BCUT2D eigenvalue weighted by Gasteiger charge is -2.22. The lowest BCUT2D eigenvalue weighted by Crippen LogP contribution is -2.48. The van der Waals surface area contributed by atoms with Crippen LogP contribution in [0.2, 0.25) is 0 Å². The minimum Gasteiger partial charge on any atom is -0.484 e. The van der Waals surface area contributed by atoms with E-state index in [0.717, 1.165) is 11.1 Å². The lowest BCUT2D eigenvalue weighted by molar-refractivity contribution is -0.139. The quantitative estimate of drug-likeness (QED) is 0.852. The SMILES string of the molecule is Cc1ccc(OCC(=O)NN2C(=O)CS[C@H]2C=Cc2ccccc2)cc1. The van der Waals surface area contributed by atoms with Crippen LogP contribution in [0.4, 0.5) is 0 Å². The molecule has 134 valence electrons. The van der Waals surface area contributed by atoms with Crippen LogP contribution in [0, 0.1) is 6.92 Å². The molecule has 26 heavy (non-hydrogen) atoms. The fourth-order valence-corrected chi connectivity index (χ4v) is 3.38. The smallest absolute Gasteiger partial charge is 0.276 e. The molecule has 1 N–H and O–H groups in total. The van der Waals surface area contributed by atoms with Crippen molar-refractivity contribution in [1.82, 2.24) is 10.4 Å². The summed E-state index contributed by atoms with van der Waals surface area (Å²) in [4.78, 5) is 24.2. The van der Waals surface area contributed by atoms with Crippen molar-refractivity contribution in [2.75, 3.05) is 12.4 Å². The average molecular weight is 368 g/mol. The highest BCUT2D eigenvalue weighted by Gasteiger charge is 2.31. The first-order valence-electron chi connectivity index (χ1n) is 8.28. The van der Waals surface area contributed by atoms with E-state index in [1.54, 1.807) is 0 Å². The normalized spacial score (nSPS) is 16.9. The zero-order valence-electron chi connectivity index (χ0n) is 14.4. The number of thioether (sulfide) groups is 1. The van der Waals surface area contributed by atoms with Gasteiger partial charge in [-0.05, 0) is 30.7 Å². The van der Waals surface area contributed by atoms with E-state index in [-0.39, 0.29) is 23.8 Å². The van der Waals surface area contributed by atoms with Gasteiger partial charge in [0.05, 0.1) is 5.75 Å². The van der Waals surface area contributed by atoms with Crippen molar-refractivity contribution < 1.29 is 14.3 Å². The largest absolute Gasteiger partial charge is 0.484 e. The monoisotopic (exact) mass is 368 g/mol. The minimum absolute atomic E-state index is 0.124. The van der Waals surface area contributed by atoms with E-state index < -0.39 is 0 Å². The summed E-state index contributed by atoms with van der Waals surface area (Å²) < 4.78 is 5.46. The second kappa shape index (κ2) is 8.58. The van der Waals surface area contributed by atoms with Crippen molar-refractivity contribution >= 4 is 29.7 Å². The van der Waals surface area contributed by atoms with Gasteiger partial charge in [0.15, 0.2) is 6.61 Å². The zero-order chi connectivity index (χ0) is 18.4. The van der Waals surface area contributed by atoms with Gasteiger partial charge in [-0.25, -0.2) is 5.01 Å². The predicted molar refractivity (Wildman–Crippen MR) is 103 cm³/mol. The van der Waals surface area contributed by atoms with Crippen molar-refractivity contribution in [3.63, 3.8) is 0 Å². The molecule has 1 heterocycles. The molecule has 3 rings (SSSR count). The van der Waals surface area contributed by atoms with Crippen LogP contribution >= 0.6 is 11.8 Å². The number of nitrogens with one attached hydrogen (secondary N) is 1. The van der Waals surface area contributed by atoms with Crippen LogP contribution in [0.15, 0.2) is 60.7 Å². The summed E-state index contributed by atoms with van der Waals surface area (Å²) in [5.74, 6) is 0.470. The number of rotatable bonds is 6. The molecule has 1 aliphatic rings. The van der Waals surface area contributed by atoms with Gasteiger partial charge >= 0.3 is 0 Å². The molecule has 0 saturated carbocycles. The summed E-state index contributed by atoms with van der Waals surface area (Å²) in [6.45, 7) is 1.84. The van der Waals surface area contributed by atoms with Crippen LogP contribution in [0.25, 0.3) is 6.08 Å². The molecule has 0 bridgehead atoms. The van der Waals surface area contributed by atoms with Crippen LogP contribution in [0.1, 0.15) is 11.1 Å². The van der Waals surface area contributed by atoms with Gasteiger partial charge in [0, 0.05) is 0 Å². The molecule has 0 aromatic heterocycles. The topological polar surface area (TPSA) is 58.6 Å². The predicted octanol–water partition coefficient (Wildman–Crippen LogP) is 3.02. The highest BCUT2D eigenvalue weighted by Crippen LogP contribution is 2.24. The van der Waals surface area contributed by atoms with E-state index in [9.17, 15) is 9.59 Å². The number of aryl methyl sites for hydroxylation is 1. The third-order valence-electron chi connectivity index (χ3n) is 3.79. The van der Waals surface area contributed by atoms with E-state index >= 15 is 0 Å². The van der Waals surface area contributed by atoms with Gasteiger partial charge in [0.25, 0.3) is 11.8 Å². The molecular formula is C20H20N2O3S. The number of carbonyl (C=O) groups is 2. The molecule has 0 unspecified atom stereocenters. The third-order valence-corrected chi connectivity index (χ3v) is 4.91. The molecule has 2 amide bonds. The molecule has 2 aromatic rings. The second-order valence-electron chi connectivity index (χ2n) is 5.87. The van der Waals surface area contributed by atoms with Crippen molar-refractivity contribution in [2.45, 2.75) is 12.3 Å². The Morgan fingerprint density at radius 3 is 2.69 bits per heavy atom. The number of carbonyl (C=O) groups excluding carboxylic acids is 2. The summed E-state index contributed by atoms with van der Waals surface area (Å²) in [6.07, 6.45) is 3.85. The van der Waals surface area contributed by atoms with E-state index in [2.05, 4.69) is 5.43 Å². The second-order valence-corrected chi connectivity index (χ2v) is 6.98. The van der Waals surface area contributed by atoms with Crippen LogP contribution < -0.4 is 10.2 Å². The first kappa shape index (κ1) is 18.1. The number of hydrogen-bond donors (Lipinski definition) is 1. The molecule has 2 aromatic carbocycles. The third kappa shape index (κ3) is 4.89. The van der Waals surface area contributed by atoms with Crippen LogP contribution in [-0.4, -0.2) is 34.6 Å². The van der Waals surface area contributed by atoms with E-state index in [4.69, 9.17) is 4.74 Å². The molecule has 1 aliphatic heterocycles. The number of benzene rings is 2. The van der Waals surface area contributed by atoms with E-state index in [1.165, 1.54) is 16.8 Å². The molecule has 0 aliphatic carbocycles. The fraction of sp³-hybridized carbons (Fsp3) is 0.200. The Balaban J connectivity index is 1.55. The zero-order valence-corrected chi connectivity index (χ0v) is 15.2. The van der Waals surface area contributed by atoms with Gasteiger partial charge in [0.2, 0.25) is 0 Å². The molecule has 0 spiro atoms. The molecule has 6 heteroatoms. The van der Waals surface area contributed by atoms with E-state index in [0.29, 0.717) is 11.5 Å². The fourth-order valence-electron chi connectivity index (χ4n) is 2.42. The molecule has 5 nitrogen and oxygen atoms in total. The maximum atomic E-state index is 12.1. The van der Waals surface area contributed by atoms with Gasteiger partial charge in [0.1, 0.15) is 11.1 Å². The summed E-state index contributed by atoms with van der Waals surface area (Å²) in [5.41, 5.74) is 4.81. The summed E-state index contributed by atoms with van der Waals surface area (Å²) >= 11 is 1.47. The van der Waals surface area contributed by atoms with Crippen molar-refractivity contribution in [1.29, 1.82) is 0 Å². The number of amides is 2. The Morgan fingerprint density at radius 1 is 1.23 bits per heavy atom.